The van der Waals surface area contributed by atoms with Gasteiger partial charge in [0.25, 0.3) is 0 Å². The Morgan fingerprint density at radius 3 is 2.54 bits per heavy atom. The van der Waals surface area contributed by atoms with Crippen molar-refractivity contribution in [3.05, 3.63) is 64.7 Å². The van der Waals surface area contributed by atoms with E-state index >= 15 is 0 Å². The molecule has 0 spiro atoms. The third-order valence-corrected chi connectivity index (χ3v) is 3.48. The van der Waals surface area contributed by atoms with Gasteiger partial charge >= 0.3 is 5.97 Å². The molecule has 2 rings (SSSR count). The second-order valence-corrected chi connectivity index (χ2v) is 5.67. The van der Waals surface area contributed by atoms with Crippen LogP contribution < -0.4 is 10.1 Å². The molecule has 1 amide bonds. The van der Waals surface area contributed by atoms with Gasteiger partial charge in [0.1, 0.15) is 12.4 Å². The molecule has 24 heavy (non-hydrogen) atoms. The van der Waals surface area contributed by atoms with Crippen LogP contribution in [0.25, 0.3) is 0 Å². The van der Waals surface area contributed by atoms with E-state index in [-0.39, 0.29) is 18.7 Å². The summed E-state index contributed by atoms with van der Waals surface area (Å²) >= 11 is 5.94. The number of hydrogen-bond donors (Lipinski definition) is 2. The molecule has 0 atom stereocenters. The molecule has 5 nitrogen and oxygen atoms in total. The highest BCUT2D eigenvalue weighted by molar-refractivity contribution is 6.30. The van der Waals surface area contributed by atoms with Gasteiger partial charge in [-0.1, -0.05) is 35.9 Å². The molecular weight excluding hydrogens is 330 g/mol. The first kappa shape index (κ1) is 17.8. The van der Waals surface area contributed by atoms with Crippen LogP contribution >= 0.6 is 11.6 Å². The number of aliphatic carboxylic acids is 1. The van der Waals surface area contributed by atoms with Crippen molar-refractivity contribution in [3.63, 3.8) is 0 Å². The first-order chi connectivity index (χ1) is 11.5. The van der Waals surface area contributed by atoms with E-state index in [1.165, 1.54) is 0 Å². The molecule has 2 aromatic rings. The van der Waals surface area contributed by atoms with E-state index in [1.807, 2.05) is 42.5 Å². The Labute approximate surface area is 145 Å². The highest BCUT2D eigenvalue weighted by Crippen LogP contribution is 2.17. The Kier molecular flexibility index (Phi) is 6.63. The van der Waals surface area contributed by atoms with E-state index in [4.69, 9.17) is 21.4 Å². The molecule has 0 aliphatic rings. The summed E-state index contributed by atoms with van der Waals surface area (Å²) in [5.41, 5.74) is 1.84. The Balaban J connectivity index is 1.84. The molecular formula is C18H18ClNO4. The molecule has 0 bridgehead atoms. The Morgan fingerprint density at radius 2 is 1.79 bits per heavy atom. The van der Waals surface area contributed by atoms with E-state index < -0.39 is 5.97 Å². The Hall–Kier alpha value is -2.53. The number of halogens is 1. The smallest absolute Gasteiger partial charge is 0.303 e. The van der Waals surface area contributed by atoms with Crippen LogP contribution in [0.5, 0.6) is 5.75 Å². The molecule has 0 saturated heterocycles. The number of carboxylic acids is 1. The van der Waals surface area contributed by atoms with Crippen LogP contribution in [0.3, 0.4) is 0 Å². The van der Waals surface area contributed by atoms with Crippen molar-refractivity contribution in [2.75, 3.05) is 0 Å². The van der Waals surface area contributed by atoms with Crippen molar-refractivity contribution in [2.45, 2.75) is 26.0 Å². The summed E-state index contributed by atoms with van der Waals surface area (Å²) in [5, 5.41) is 11.9. The van der Waals surface area contributed by atoms with Crippen LogP contribution in [0.4, 0.5) is 0 Å². The van der Waals surface area contributed by atoms with E-state index in [0.29, 0.717) is 23.9 Å². The average molecular weight is 348 g/mol. The maximum atomic E-state index is 11.5. The van der Waals surface area contributed by atoms with Crippen LogP contribution in [-0.2, 0) is 22.7 Å². The molecule has 0 aromatic heterocycles. The van der Waals surface area contributed by atoms with Crippen molar-refractivity contribution < 1.29 is 19.4 Å². The van der Waals surface area contributed by atoms with Crippen molar-refractivity contribution in [1.29, 1.82) is 0 Å². The Morgan fingerprint density at radius 1 is 1.04 bits per heavy atom. The van der Waals surface area contributed by atoms with Gasteiger partial charge in [0.15, 0.2) is 0 Å². The van der Waals surface area contributed by atoms with Gasteiger partial charge in [-0.15, -0.1) is 0 Å². The minimum absolute atomic E-state index is 0.0275. The SMILES string of the molecule is O=C(O)CCC(=O)NCc1cccc(OCc2cccc(Cl)c2)c1. The normalized spacial score (nSPS) is 10.2. The van der Waals surface area contributed by atoms with Crippen LogP contribution in [0, 0.1) is 0 Å². The van der Waals surface area contributed by atoms with E-state index in [2.05, 4.69) is 5.32 Å². The predicted molar refractivity (Wildman–Crippen MR) is 90.9 cm³/mol. The molecule has 0 fully saturated rings. The van der Waals surface area contributed by atoms with Crippen molar-refractivity contribution in [2.24, 2.45) is 0 Å². The summed E-state index contributed by atoms with van der Waals surface area (Å²) < 4.78 is 5.72. The lowest BCUT2D eigenvalue weighted by Crippen LogP contribution is -2.23. The average Bonchev–Trinajstić information content (AvgIpc) is 2.57. The molecule has 2 N–H and O–H groups in total. The lowest BCUT2D eigenvalue weighted by Gasteiger charge is -2.09. The highest BCUT2D eigenvalue weighted by Gasteiger charge is 2.05. The molecule has 0 aliphatic heterocycles. The molecule has 0 heterocycles. The van der Waals surface area contributed by atoms with Gasteiger partial charge in [-0.2, -0.15) is 0 Å². The number of carbonyl (C=O) groups excluding carboxylic acids is 1. The number of hydrogen-bond acceptors (Lipinski definition) is 3. The first-order valence-electron chi connectivity index (χ1n) is 7.47. The van der Waals surface area contributed by atoms with Crippen molar-refractivity contribution in [3.8, 4) is 5.75 Å². The minimum atomic E-state index is -0.985. The van der Waals surface area contributed by atoms with Gasteiger partial charge in [0.2, 0.25) is 5.91 Å². The fourth-order valence-electron chi connectivity index (χ4n) is 2.05. The van der Waals surface area contributed by atoms with E-state index in [0.717, 1.165) is 11.1 Å². The van der Waals surface area contributed by atoms with E-state index in [1.54, 1.807) is 6.07 Å². The second-order valence-electron chi connectivity index (χ2n) is 5.24. The fraction of sp³-hybridized carbons (Fsp3) is 0.222. The van der Waals surface area contributed by atoms with Gasteiger partial charge in [-0.05, 0) is 35.4 Å². The molecule has 0 saturated carbocycles. The summed E-state index contributed by atoms with van der Waals surface area (Å²) in [7, 11) is 0. The van der Waals surface area contributed by atoms with Gasteiger partial charge in [0, 0.05) is 18.0 Å². The number of carbonyl (C=O) groups is 2. The molecule has 2 aromatic carbocycles. The summed E-state index contributed by atoms with van der Waals surface area (Å²) in [6, 6.07) is 14.8. The maximum absolute atomic E-state index is 11.5. The van der Waals surface area contributed by atoms with Crippen LogP contribution in [0.15, 0.2) is 48.5 Å². The molecule has 6 heteroatoms. The van der Waals surface area contributed by atoms with Crippen LogP contribution in [-0.4, -0.2) is 17.0 Å². The molecule has 0 aliphatic carbocycles. The summed E-state index contributed by atoms with van der Waals surface area (Å²) in [5.74, 6) is -0.587. The fourth-order valence-corrected chi connectivity index (χ4v) is 2.26. The van der Waals surface area contributed by atoms with Crippen LogP contribution in [0.1, 0.15) is 24.0 Å². The highest BCUT2D eigenvalue weighted by atomic mass is 35.5. The first-order valence-corrected chi connectivity index (χ1v) is 7.85. The predicted octanol–water partition coefficient (Wildman–Crippen LogP) is 3.40. The number of rotatable bonds is 8. The third kappa shape index (κ3) is 6.30. The number of carboxylic acid groups (broad SMARTS) is 1. The number of ether oxygens (including phenoxy) is 1. The Bertz CT molecular complexity index is 718. The van der Waals surface area contributed by atoms with E-state index in [9.17, 15) is 9.59 Å². The summed E-state index contributed by atoms with van der Waals surface area (Å²) in [6.07, 6.45) is -0.199. The number of nitrogens with one attached hydrogen (secondary N) is 1. The number of benzene rings is 2. The van der Waals surface area contributed by atoms with Gasteiger partial charge in [-0.25, -0.2) is 0 Å². The van der Waals surface area contributed by atoms with Crippen LogP contribution in [0.2, 0.25) is 5.02 Å². The summed E-state index contributed by atoms with van der Waals surface area (Å²) in [4.78, 5) is 22.0. The lowest BCUT2D eigenvalue weighted by molar-refractivity contribution is -0.138. The van der Waals surface area contributed by atoms with Gasteiger partial charge in [-0.3, -0.25) is 9.59 Å². The lowest BCUT2D eigenvalue weighted by atomic mass is 10.2. The summed E-state index contributed by atoms with van der Waals surface area (Å²) in [6.45, 7) is 0.724. The van der Waals surface area contributed by atoms with Crippen molar-refractivity contribution in [1.82, 2.24) is 5.32 Å². The largest absolute Gasteiger partial charge is 0.489 e. The molecule has 126 valence electrons. The zero-order valence-electron chi connectivity index (χ0n) is 13.0. The zero-order chi connectivity index (χ0) is 17.4. The van der Waals surface area contributed by atoms with Gasteiger partial charge < -0.3 is 15.2 Å². The quantitative estimate of drug-likeness (QED) is 0.767. The zero-order valence-corrected chi connectivity index (χ0v) is 13.8. The molecule has 0 unspecified atom stereocenters. The van der Waals surface area contributed by atoms with Crippen molar-refractivity contribution >= 4 is 23.5 Å². The minimum Gasteiger partial charge on any atom is -0.489 e. The third-order valence-electron chi connectivity index (χ3n) is 3.25. The monoisotopic (exact) mass is 347 g/mol. The topological polar surface area (TPSA) is 75.6 Å². The number of amides is 1. The molecule has 0 radical (unpaired) electrons. The van der Waals surface area contributed by atoms with Gasteiger partial charge in [0.05, 0.1) is 6.42 Å². The standard InChI is InChI=1S/C18H18ClNO4/c19-15-5-1-4-14(9-15)12-24-16-6-2-3-13(10-16)11-20-17(21)7-8-18(22)23/h1-6,9-10H,7-8,11-12H2,(H,20,21)(H,22,23). The maximum Gasteiger partial charge on any atom is 0.303 e. The second kappa shape index (κ2) is 8.93.